The zero-order chi connectivity index (χ0) is 14.1. The van der Waals surface area contributed by atoms with Crippen LogP contribution >= 0.6 is 12.4 Å². The van der Waals surface area contributed by atoms with E-state index >= 15 is 0 Å². The van der Waals surface area contributed by atoms with Gasteiger partial charge in [0.05, 0.1) is 11.5 Å². The van der Waals surface area contributed by atoms with E-state index in [4.69, 9.17) is 0 Å². The summed E-state index contributed by atoms with van der Waals surface area (Å²) in [6.45, 7) is 3.12. The van der Waals surface area contributed by atoms with Crippen LogP contribution in [0.2, 0.25) is 0 Å². The molecule has 1 N–H and O–H groups in total. The van der Waals surface area contributed by atoms with E-state index in [0.29, 0.717) is 0 Å². The number of hydrogen-bond donors (Lipinski definition) is 1. The van der Waals surface area contributed by atoms with E-state index < -0.39 is 17.6 Å². The largest absolute Gasteiger partial charge is 0.391 e. The van der Waals surface area contributed by atoms with E-state index in [1.165, 1.54) is 0 Å². The van der Waals surface area contributed by atoms with Gasteiger partial charge in [0.15, 0.2) is 0 Å². The van der Waals surface area contributed by atoms with Crippen LogP contribution in [0.25, 0.3) is 0 Å². The topological polar surface area (TPSA) is 32.3 Å². The lowest BCUT2D eigenvalue weighted by Crippen LogP contribution is -2.59. The van der Waals surface area contributed by atoms with Crippen LogP contribution in [0.15, 0.2) is 0 Å². The van der Waals surface area contributed by atoms with Crippen molar-refractivity contribution < 1.29 is 18.0 Å². The lowest BCUT2D eigenvalue weighted by molar-refractivity contribution is -0.187. The molecular weight excluding hydrogens is 293 g/mol. The second-order valence-electron chi connectivity index (χ2n) is 5.82. The van der Waals surface area contributed by atoms with Gasteiger partial charge in [-0.05, 0) is 45.6 Å². The summed E-state index contributed by atoms with van der Waals surface area (Å²) in [6, 6.07) is 0. The van der Waals surface area contributed by atoms with Crippen LogP contribution in [0.3, 0.4) is 0 Å². The van der Waals surface area contributed by atoms with Gasteiger partial charge in [-0.15, -0.1) is 12.4 Å². The number of nitrogens with zero attached hydrogens (tertiary/aromatic N) is 1. The third-order valence-corrected chi connectivity index (χ3v) is 4.34. The first-order valence-corrected chi connectivity index (χ1v) is 6.94. The molecule has 0 radical (unpaired) electrons. The molecule has 7 heteroatoms. The van der Waals surface area contributed by atoms with Crippen molar-refractivity contribution in [1.29, 1.82) is 0 Å². The van der Waals surface area contributed by atoms with Gasteiger partial charge >= 0.3 is 6.18 Å². The van der Waals surface area contributed by atoms with Gasteiger partial charge in [-0.1, -0.05) is 0 Å². The molecule has 20 heavy (non-hydrogen) atoms. The molecule has 0 aromatic heterocycles. The number of likely N-dealkylation sites (tertiary alicyclic amines) is 1. The van der Waals surface area contributed by atoms with Crippen molar-refractivity contribution in [1.82, 2.24) is 10.2 Å². The highest BCUT2D eigenvalue weighted by atomic mass is 35.5. The molecule has 0 aromatic carbocycles. The van der Waals surface area contributed by atoms with E-state index in [1.54, 1.807) is 4.90 Å². The number of halogens is 4. The molecule has 2 aliphatic rings. The van der Waals surface area contributed by atoms with Crippen LogP contribution in [0.1, 0.15) is 39.0 Å². The van der Waals surface area contributed by atoms with Gasteiger partial charge in [0.25, 0.3) is 0 Å². The first-order chi connectivity index (χ1) is 8.83. The maximum Gasteiger partial charge on any atom is 0.391 e. The zero-order valence-corrected chi connectivity index (χ0v) is 12.4. The molecule has 118 valence electrons. The summed E-state index contributed by atoms with van der Waals surface area (Å²) in [7, 11) is 0. The molecule has 2 rings (SSSR count). The van der Waals surface area contributed by atoms with Crippen LogP contribution < -0.4 is 5.32 Å². The summed E-state index contributed by atoms with van der Waals surface area (Å²) in [5.41, 5.74) is -0.580. The maximum atomic E-state index is 12.6. The zero-order valence-electron chi connectivity index (χ0n) is 11.6. The number of amides is 1. The maximum absolute atomic E-state index is 12.6. The smallest absolute Gasteiger partial charge is 0.341 e. The quantitative estimate of drug-likeness (QED) is 0.807. The highest BCUT2D eigenvalue weighted by molar-refractivity contribution is 5.86. The molecule has 2 aliphatic heterocycles. The van der Waals surface area contributed by atoms with Gasteiger partial charge in [0, 0.05) is 13.1 Å². The van der Waals surface area contributed by atoms with Crippen molar-refractivity contribution >= 4 is 18.3 Å². The van der Waals surface area contributed by atoms with E-state index in [2.05, 4.69) is 5.32 Å². The SMILES string of the molecule is CC1(C(=O)N2CCC(C(F)(F)F)CC2)CCCCN1.Cl. The molecule has 1 amide bonds. The Morgan fingerprint density at radius 2 is 1.85 bits per heavy atom. The van der Waals surface area contributed by atoms with Gasteiger partial charge in [-0.3, -0.25) is 4.79 Å². The molecule has 1 atom stereocenters. The minimum atomic E-state index is -4.12. The molecule has 3 nitrogen and oxygen atoms in total. The van der Waals surface area contributed by atoms with E-state index in [-0.39, 0.29) is 44.2 Å². The van der Waals surface area contributed by atoms with Crippen molar-refractivity contribution in [2.45, 2.75) is 50.7 Å². The molecule has 0 aromatic rings. The molecule has 2 heterocycles. The van der Waals surface area contributed by atoms with Gasteiger partial charge < -0.3 is 10.2 Å². The van der Waals surface area contributed by atoms with Crippen molar-refractivity contribution in [3.8, 4) is 0 Å². The normalized spacial score (nSPS) is 28.9. The molecule has 0 aliphatic carbocycles. The van der Waals surface area contributed by atoms with E-state index in [0.717, 1.165) is 25.8 Å². The Kier molecular flexibility index (Phi) is 5.72. The fourth-order valence-electron chi connectivity index (χ4n) is 3.00. The van der Waals surface area contributed by atoms with Crippen molar-refractivity contribution in [2.75, 3.05) is 19.6 Å². The Bertz CT molecular complexity index is 335. The second-order valence-corrected chi connectivity index (χ2v) is 5.82. The molecule has 0 saturated carbocycles. The number of carbonyl (C=O) groups is 1. The lowest BCUT2D eigenvalue weighted by atomic mass is 9.88. The number of alkyl halides is 3. The summed E-state index contributed by atoms with van der Waals surface area (Å²) >= 11 is 0. The van der Waals surface area contributed by atoms with E-state index in [9.17, 15) is 18.0 Å². The minimum Gasteiger partial charge on any atom is -0.341 e. The minimum absolute atomic E-state index is 0. The van der Waals surface area contributed by atoms with Crippen LogP contribution in [0, 0.1) is 5.92 Å². The van der Waals surface area contributed by atoms with Crippen LogP contribution in [-0.2, 0) is 4.79 Å². The predicted octanol–water partition coefficient (Wildman–Crippen LogP) is 2.74. The number of hydrogen-bond acceptors (Lipinski definition) is 2. The van der Waals surface area contributed by atoms with Gasteiger partial charge in [-0.2, -0.15) is 13.2 Å². The average molecular weight is 315 g/mol. The van der Waals surface area contributed by atoms with Crippen LogP contribution in [0.5, 0.6) is 0 Å². The van der Waals surface area contributed by atoms with Crippen molar-refractivity contribution in [2.24, 2.45) is 5.92 Å². The Hall–Kier alpha value is -0.490. The monoisotopic (exact) mass is 314 g/mol. The molecular formula is C13H22ClF3N2O. The Balaban J connectivity index is 0.00000200. The fraction of sp³-hybridized carbons (Fsp3) is 0.923. The van der Waals surface area contributed by atoms with Gasteiger partial charge in [-0.25, -0.2) is 0 Å². The predicted molar refractivity (Wildman–Crippen MR) is 72.9 cm³/mol. The summed E-state index contributed by atoms with van der Waals surface area (Å²) in [5, 5.41) is 3.22. The first kappa shape index (κ1) is 17.6. The summed E-state index contributed by atoms with van der Waals surface area (Å²) in [5.74, 6) is -1.28. The fourth-order valence-corrected chi connectivity index (χ4v) is 3.00. The summed E-state index contributed by atoms with van der Waals surface area (Å²) < 4.78 is 37.8. The lowest BCUT2D eigenvalue weighted by Gasteiger charge is -2.41. The number of carbonyl (C=O) groups excluding carboxylic acids is 1. The second kappa shape index (κ2) is 6.52. The van der Waals surface area contributed by atoms with Gasteiger partial charge in [0.2, 0.25) is 5.91 Å². The molecule has 2 fully saturated rings. The number of piperidine rings is 2. The van der Waals surface area contributed by atoms with Crippen LogP contribution in [-0.4, -0.2) is 42.2 Å². The third-order valence-electron chi connectivity index (χ3n) is 4.34. The molecule has 0 spiro atoms. The first-order valence-electron chi connectivity index (χ1n) is 6.94. The van der Waals surface area contributed by atoms with E-state index in [1.807, 2.05) is 6.92 Å². The Morgan fingerprint density at radius 3 is 2.30 bits per heavy atom. The summed E-state index contributed by atoms with van der Waals surface area (Å²) in [4.78, 5) is 14.0. The highest BCUT2D eigenvalue weighted by Crippen LogP contribution is 2.35. The highest BCUT2D eigenvalue weighted by Gasteiger charge is 2.44. The third kappa shape index (κ3) is 3.79. The Labute approximate surface area is 123 Å². The van der Waals surface area contributed by atoms with Crippen molar-refractivity contribution in [3.05, 3.63) is 0 Å². The molecule has 0 bridgehead atoms. The van der Waals surface area contributed by atoms with Crippen molar-refractivity contribution in [3.63, 3.8) is 0 Å². The molecule has 1 unspecified atom stereocenters. The number of nitrogens with one attached hydrogen (secondary N) is 1. The molecule has 2 saturated heterocycles. The average Bonchev–Trinajstić information content (AvgIpc) is 2.38. The standard InChI is InChI=1S/C13H21F3N2O.ClH/c1-12(6-2-3-7-17-12)11(19)18-8-4-10(5-9-18)13(14,15)16;/h10,17H,2-9H2,1H3;1H. The Morgan fingerprint density at radius 1 is 1.25 bits per heavy atom. The summed E-state index contributed by atoms with van der Waals surface area (Å²) in [6.07, 6.45) is -1.24. The van der Waals surface area contributed by atoms with Crippen LogP contribution in [0.4, 0.5) is 13.2 Å². The number of rotatable bonds is 1. The van der Waals surface area contributed by atoms with Gasteiger partial charge in [0.1, 0.15) is 0 Å².